The minimum Gasteiger partial charge on any atom is -0.354 e. The molecule has 3 fully saturated rings. The van der Waals surface area contributed by atoms with Crippen LogP contribution in [0.15, 0.2) is 47.9 Å². The summed E-state index contributed by atoms with van der Waals surface area (Å²) in [6, 6.07) is 12.4. The van der Waals surface area contributed by atoms with Crippen LogP contribution in [0.2, 0.25) is 4.34 Å². The van der Waals surface area contributed by atoms with Gasteiger partial charge in [-0.2, -0.15) is 4.72 Å². The second kappa shape index (κ2) is 12.4. The van der Waals surface area contributed by atoms with Gasteiger partial charge in [0.1, 0.15) is 6.04 Å². The second-order valence-corrected chi connectivity index (χ2v) is 13.9. The monoisotopic (exact) mass is 604 g/mol. The van der Waals surface area contributed by atoms with Crippen molar-refractivity contribution >= 4 is 56.8 Å². The zero-order valence-corrected chi connectivity index (χ0v) is 24.4. The number of carbonyl (C=O) groups is 3. The minimum atomic E-state index is -3.87. The van der Waals surface area contributed by atoms with E-state index in [0.29, 0.717) is 41.7 Å². The van der Waals surface area contributed by atoms with E-state index in [1.807, 2.05) is 30.3 Å². The van der Waals surface area contributed by atoms with Crippen molar-refractivity contribution in [3.8, 4) is 0 Å². The molecule has 40 heavy (non-hydrogen) atoms. The van der Waals surface area contributed by atoms with Crippen LogP contribution in [0.25, 0.3) is 6.08 Å². The molecule has 1 aromatic heterocycles. The number of thiophene rings is 1. The van der Waals surface area contributed by atoms with Gasteiger partial charge in [-0.05, 0) is 61.8 Å². The third-order valence-electron chi connectivity index (χ3n) is 7.73. The maximum atomic E-state index is 13.2. The SMILES string of the molecule is O=C(NCC1CCCN1C(=O)CN1CCCC(NS(=O)(=O)/C=C/c2ccc(Cl)s2)C1=O)C1CC1c1ccccc1. The Labute approximate surface area is 243 Å². The highest BCUT2D eigenvalue weighted by molar-refractivity contribution is 7.92. The molecule has 2 aromatic rings. The highest BCUT2D eigenvalue weighted by Gasteiger charge is 2.44. The van der Waals surface area contributed by atoms with Crippen molar-refractivity contribution in [2.75, 3.05) is 26.2 Å². The van der Waals surface area contributed by atoms with Gasteiger partial charge in [-0.15, -0.1) is 11.3 Å². The number of piperidine rings is 1. The smallest absolute Gasteiger partial charge is 0.242 e. The summed E-state index contributed by atoms with van der Waals surface area (Å²) in [5.41, 5.74) is 1.18. The fraction of sp³-hybridized carbons (Fsp3) is 0.464. The summed E-state index contributed by atoms with van der Waals surface area (Å²) in [5, 5.41) is 4.07. The van der Waals surface area contributed by atoms with Crippen LogP contribution in [-0.2, 0) is 24.4 Å². The Morgan fingerprint density at radius 3 is 2.60 bits per heavy atom. The summed E-state index contributed by atoms with van der Waals surface area (Å²) in [7, 11) is -3.87. The van der Waals surface area contributed by atoms with Crippen molar-refractivity contribution in [2.45, 2.75) is 50.1 Å². The van der Waals surface area contributed by atoms with Crippen LogP contribution in [0, 0.1) is 5.92 Å². The van der Waals surface area contributed by atoms with Crippen molar-refractivity contribution in [3.63, 3.8) is 0 Å². The summed E-state index contributed by atoms with van der Waals surface area (Å²) < 4.78 is 28.2. The van der Waals surface area contributed by atoms with Gasteiger partial charge >= 0.3 is 0 Å². The topological polar surface area (TPSA) is 116 Å². The lowest BCUT2D eigenvalue weighted by Gasteiger charge is -2.34. The number of nitrogens with zero attached hydrogens (tertiary/aromatic N) is 2. The van der Waals surface area contributed by atoms with Gasteiger partial charge in [-0.25, -0.2) is 8.42 Å². The van der Waals surface area contributed by atoms with E-state index < -0.39 is 22.0 Å². The molecular formula is C28H33ClN4O5S2. The number of likely N-dealkylation sites (tertiary alicyclic amines) is 2. The molecule has 0 bridgehead atoms. The van der Waals surface area contributed by atoms with Crippen LogP contribution in [0.3, 0.4) is 0 Å². The minimum absolute atomic E-state index is 0.0192. The van der Waals surface area contributed by atoms with E-state index in [1.54, 1.807) is 17.0 Å². The average molecular weight is 605 g/mol. The van der Waals surface area contributed by atoms with Crippen LogP contribution in [0.5, 0.6) is 0 Å². The molecule has 0 spiro atoms. The Kier molecular flexibility index (Phi) is 8.94. The van der Waals surface area contributed by atoms with Crippen molar-refractivity contribution in [1.29, 1.82) is 0 Å². The molecule has 9 nitrogen and oxygen atoms in total. The van der Waals surface area contributed by atoms with Crippen LogP contribution in [0.4, 0.5) is 0 Å². The van der Waals surface area contributed by atoms with Crippen LogP contribution >= 0.6 is 22.9 Å². The first-order chi connectivity index (χ1) is 19.2. The van der Waals surface area contributed by atoms with Crippen molar-refractivity contribution in [1.82, 2.24) is 19.8 Å². The fourth-order valence-electron chi connectivity index (χ4n) is 5.55. The molecule has 214 valence electrons. The largest absolute Gasteiger partial charge is 0.354 e. The van der Waals surface area contributed by atoms with Crippen molar-refractivity contribution in [3.05, 3.63) is 62.6 Å². The summed E-state index contributed by atoms with van der Waals surface area (Å²) >= 11 is 7.14. The molecule has 2 aliphatic heterocycles. The van der Waals surface area contributed by atoms with E-state index in [9.17, 15) is 22.8 Å². The van der Waals surface area contributed by atoms with Gasteiger partial charge in [0, 0.05) is 41.9 Å². The summed E-state index contributed by atoms with van der Waals surface area (Å²) in [6.45, 7) is 1.25. The molecule has 4 atom stereocenters. The average Bonchev–Trinajstić information content (AvgIpc) is 3.40. The number of carbonyl (C=O) groups excluding carboxylic acids is 3. The first-order valence-electron chi connectivity index (χ1n) is 13.6. The normalized spacial score (nSPS) is 25.0. The maximum Gasteiger partial charge on any atom is 0.242 e. The molecule has 1 aliphatic carbocycles. The van der Waals surface area contributed by atoms with Crippen molar-refractivity contribution in [2.24, 2.45) is 5.92 Å². The highest BCUT2D eigenvalue weighted by Crippen LogP contribution is 2.47. The second-order valence-electron chi connectivity index (χ2n) is 10.5. The molecule has 4 unspecified atom stereocenters. The first kappa shape index (κ1) is 28.8. The third kappa shape index (κ3) is 7.12. The van der Waals surface area contributed by atoms with Crippen molar-refractivity contribution < 1.29 is 22.8 Å². The maximum absolute atomic E-state index is 13.2. The van der Waals surface area contributed by atoms with Gasteiger partial charge in [0.05, 0.1) is 10.9 Å². The number of benzene rings is 1. The predicted octanol–water partition coefficient (Wildman–Crippen LogP) is 3.19. The number of halogens is 1. The molecule has 3 amide bonds. The molecule has 5 rings (SSSR count). The highest BCUT2D eigenvalue weighted by atomic mass is 35.5. The number of hydrogen-bond donors (Lipinski definition) is 2. The van der Waals surface area contributed by atoms with E-state index >= 15 is 0 Å². The fourth-order valence-corrected chi connectivity index (χ4v) is 7.62. The van der Waals surface area contributed by atoms with Crippen LogP contribution in [-0.4, -0.2) is 74.2 Å². The molecular weight excluding hydrogens is 572 g/mol. The molecule has 2 saturated heterocycles. The predicted molar refractivity (Wildman–Crippen MR) is 155 cm³/mol. The number of nitrogens with one attached hydrogen (secondary N) is 2. The van der Waals surface area contributed by atoms with Gasteiger partial charge in [-0.1, -0.05) is 41.9 Å². The first-order valence-corrected chi connectivity index (χ1v) is 16.3. The molecule has 12 heteroatoms. The van der Waals surface area contributed by atoms with E-state index in [4.69, 9.17) is 11.6 Å². The Balaban J connectivity index is 1.11. The lowest BCUT2D eigenvalue weighted by molar-refractivity contribution is -0.143. The molecule has 1 saturated carbocycles. The number of sulfonamides is 1. The quantitative estimate of drug-likeness (QED) is 0.432. The molecule has 0 radical (unpaired) electrons. The van der Waals surface area contributed by atoms with Gasteiger partial charge < -0.3 is 15.1 Å². The van der Waals surface area contributed by atoms with Crippen LogP contribution < -0.4 is 10.0 Å². The molecule has 3 aliphatic rings. The van der Waals surface area contributed by atoms with Crippen LogP contribution in [0.1, 0.15) is 48.5 Å². The lowest BCUT2D eigenvalue weighted by atomic mass is 10.1. The number of hydrogen-bond acceptors (Lipinski definition) is 6. The Hall–Kier alpha value is -2.73. The molecule has 3 heterocycles. The zero-order chi connectivity index (χ0) is 28.3. The lowest BCUT2D eigenvalue weighted by Crippen LogP contribution is -2.55. The van der Waals surface area contributed by atoms with E-state index in [0.717, 1.165) is 24.7 Å². The standard InChI is InChI=1S/C28H33ClN4O5S2/c29-25-11-10-21(39-25)12-15-40(37,38)31-24-9-5-13-32(28(24)36)18-26(34)33-14-4-8-20(33)17-30-27(35)23-16-22(23)19-6-2-1-3-7-19/h1-3,6-7,10-12,15,20,22-24,31H,4-5,8-9,13-14,16-18H2,(H,30,35)/b15-12+. The molecule has 2 N–H and O–H groups in total. The third-order valence-corrected chi connectivity index (χ3v) is 10.0. The number of rotatable bonds is 10. The summed E-state index contributed by atoms with van der Waals surface area (Å²) in [6.07, 6.45) is 4.84. The van der Waals surface area contributed by atoms with E-state index in [2.05, 4.69) is 10.0 Å². The van der Waals surface area contributed by atoms with E-state index in [1.165, 1.54) is 27.9 Å². The Morgan fingerprint density at radius 2 is 1.85 bits per heavy atom. The van der Waals surface area contributed by atoms with Gasteiger partial charge in [0.2, 0.25) is 27.7 Å². The summed E-state index contributed by atoms with van der Waals surface area (Å²) in [4.78, 5) is 42.9. The van der Waals surface area contributed by atoms with Gasteiger partial charge in [0.25, 0.3) is 0 Å². The van der Waals surface area contributed by atoms with Gasteiger partial charge in [0.15, 0.2) is 0 Å². The zero-order valence-electron chi connectivity index (χ0n) is 22.0. The summed E-state index contributed by atoms with van der Waals surface area (Å²) in [5.74, 6) is -0.344. The Morgan fingerprint density at radius 1 is 1.07 bits per heavy atom. The molecule has 1 aromatic carbocycles. The number of amides is 3. The van der Waals surface area contributed by atoms with E-state index in [-0.39, 0.29) is 36.2 Å². The van der Waals surface area contributed by atoms with Gasteiger partial charge in [-0.3, -0.25) is 14.4 Å². The Bertz CT molecular complexity index is 1380.